The lowest BCUT2D eigenvalue weighted by Crippen LogP contribution is -2.62. The highest BCUT2D eigenvalue weighted by Crippen LogP contribution is 2.54. The third-order valence-corrected chi connectivity index (χ3v) is 6.52. The summed E-state index contributed by atoms with van der Waals surface area (Å²) in [5, 5.41) is 9.69. The van der Waals surface area contributed by atoms with E-state index in [4.69, 9.17) is 16.1 Å². The molecule has 22 heavy (non-hydrogen) atoms. The summed E-state index contributed by atoms with van der Waals surface area (Å²) in [5.41, 5.74) is 2.12. The molecule has 1 atom stereocenters. The zero-order valence-electron chi connectivity index (χ0n) is 12.7. The van der Waals surface area contributed by atoms with Crippen LogP contribution in [0.4, 0.5) is 5.82 Å². The van der Waals surface area contributed by atoms with Gasteiger partial charge in [0.05, 0.1) is 10.4 Å². The van der Waals surface area contributed by atoms with Gasteiger partial charge in [-0.25, -0.2) is 0 Å². The first kappa shape index (κ1) is 13.2. The number of benzene rings is 1. The smallest absolute Gasteiger partial charge is 0.187 e. The number of nitrogens with zero attached hydrogens (tertiary/aromatic N) is 2. The van der Waals surface area contributed by atoms with Crippen molar-refractivity contribution in [2.75, 3.05) is 18.4 Å². The van der Waals surface area contributed by atoms with Gasteiger partial charge < -0.3 is 9.84 Å². The zero-order chi connectivity index (χ0) is 14.9. The van der Waals surface area contributed by atoms with Gasteiger partial charge in [0.2, 0.25) is 0 Å². The first-order chi connectivity index (χ1) is 10.7. The molecule has 4 nitrogen and oxygen atoms in total. The van der Waals surface area contributed by atoms with Gasteiger partial charge in [-0.15, -0.1) is 0 Å². The molecule has 2 aromatic rings. The SMILES string of the molecule is Cc1ccc2c(N[C@@H]3C4CCN(CC4)C34CC4)noc2c1Cl. The summed E-state index contributed by atoms with van der Waals surface area (Å²) in [7, 11) is 0. The molecule has 4 fully saturated rings. The van der Waals surface area contributed by atoms with Crippen molar-refractivity contribution in [1.82, 2.24) is 10.1 Å². The highest BCUT2D eigenvalue weighted by Gasteiger charge is 2.60. The molecular weight excluding hydrogens is 298 g/mol. The van der Waals surface area contributed by atoms with Crippen molar-refractivity contribution in [3.63, 3.8) is 0 Å². The average molecular weight is 318 g/mol. The van der Waals surface area contributed by atoms with Crippen LogP contribution in [0.3, 0.4) is 0 Å². The summed E-state index contributed by atoms with van der Waals surface area (Å²) in [6.45, 7) is 4.53. The summed E-state index contributed by atoms with van der Waals surface area (Å²) < 4.78 is 5.51. The third kappa shape index (κ3) is 1.65. The van der Waals surface area contributed by atoms with E-state index < -0.39 is 0 Å². The number of piperidine rings is 3. The van der Waals surface area contributed by atoms with Gasteiger partial charge in [0.15, 0.2) is 11.4 Å². The number of hydrogen-bond donors (Lipinski definition) is 1. The predicted octanol–water partition coefficient (Wildman–Crippen LogP) is 3.83. The lowest BCUT2D eigenvalue weighted by atomic mass is 9.77. The normalized spacial score (nSPS) is 31.8. The standard InChI is InChI=1S/C17H20ClN3O/c1-10-2-3-12-14(13(10)18)22-20-16(12)19-15-11-4-8-21(9-5-11)17(15)6-7-17/h2-3,11,15H,4-9H2,1H3,(H,19,20)/t15-/m1/s1. The Hall–Kier alpha value is -1.26. The lowest BCUT2D eigenvalue weighted by Gasteiger charge is -2.52. The Labute approximate surface area is 134 Å². The quantitative estimate of drug-likeness (QED) is 0.914. The van der Waals surface area contributed by atoms with Gasteiger partial charge in [0.1, 0.15) is 0 Å². The fourth-order valence-corrected chi connectivity index (χ4v) is 4.84. The van der Waals surface area contributed by atoms with Crippen molar-refractivity contribution in [2.45, 2.75) is 44.2 Å². The van der Waals surface area contributed by atoms with Gasteiger partial charge in [0, 0.05) is 11.6 Å². The molecule has 0 unspecified atom stereocenters. The van der Waals surface area contributed by atoms with Gasteiger partial charge >= 0.3 is 0 Å². The van der Waals surface area contributed by atoms with Crippen molar-refractivity contribution in [1.29, 1.82) is 0 Å². The van der Waals surface area contributed by atoms with Crippen molar-refractivity contribution in [3.8, 4) is 0 Å². The molecule has 1 aromatic carbocycles. The van der Waals surface area contributed by atoms with Gasteiger partial charge in [-0.1, -0.05) is 22.8 Å². The molecule has 3 saturated heterocycles. The van der Waals surface area contributed by atoms with Crippen molar-refractivity contribution in [2.24, 2.45) is 5.92 Å². The highest BCUT2D eigenvalue weighted by atomic mass is 35.5. The summed E-state index contributed by atoms with van der Waals surface area (Å²) in [6, 6.07) is 4.61. The minimum absolute atomic E-state index is 0.390. The zero-order valence-corrected chi connectivity index (χ0v) is 13.5. The Morgan fingerprint density at radius 2 is 2.09 bits per heavy atom. The van der Waals surface area contributed by atoms with Crippen LogP contribution in [0.5, 0.6) is 0 Å². The summed E-state index contributed by atoms with van der Waals surface area (Å²) >= 11 is 6.34. The van der Waals surface area contributed by atoms with Crippen molar-refractivity contribution in [3.05, 3.63) is 22.7 Å². The van der Waals surface area contributed by atoms with Crippen LogP contribution in [0, 0.1) is 12.8 Å². The van der Waals surface area contributed by atoms with Crippen LogP contribution in [-0.2, 0) is 0 Å². The molecule has 116 valence electrons. The monoisotopic (exact) mass is 317 g/mol. The number of hydrogen-bond acceptors (Lipinski definition) is 4. The molecule has 3 aliphatic heterocycles. The second-order valence-electron chi connectivity index (χ2n) is 7.15. The Morgan fingerprint density at radius 3 is 2.82 bits per heavy atom. The van der Waals surface area contributed by atoms with E-state index in [2.05, 4.69) is 21.4 Å². The molecule has 1 aromatic heterocycles. The Kier molecular flexibility index (Phi) is 2.63. The van der Waals surface area contributed by atoms with Gasteiger partial charge in [0.25, 0.3) is 0 Å². The minimum Gasteiger partial charge on any atom is -0.362 e. The number of aryl methyl sites for hydroxylation is 1. The van der Waals surface area contributed by atoms with E-state index in [1.165, 1.54) is 38.8 Å². The molecule has 4 heterocycles. The van der Waals surface area contributed by atoms with E-state index in [-0.39, 0.29) is 0 Å². The number of halogens is 1. The summed E-state index contributed by atoms with van der Waals surface area (Å²) in [4.78, 5) is 2.70. The number of rotatable bonds is 2. The van der Waals surface area contributed by atoms with Crippen LogP contribution >= 0.6 is 11.6 Å². The van der Waals surface area contributed by atoms with Gasteiger partial charge in [-0.3, -0.25) is 4.90 Å². The van der Waals surface area contributed by atoms with E-state index in [1.807, 2.05) is 13.0 Å². The Balaban J connectivity index is 1.53. The maximum absolute atomic E-state index is 6.34. The van der Waals surface area contributed by atoms with E-state index >= 15 is 0 Å². The van der Waals surface area contributed by atoms with E-state index in [0.717, 1.165) is 22.7 Å². The molecule has 2 bridgehead atoms. The molecule has 0 amide bonds. The Morgan fingerprint density at radius 1 is 1.32 bits per heavy atom. The lowest BCUT2D eigenvalue weighted by molar-refractivity contribution is 0.0202. The van der Waals surface area contributed by atoms with E-state index in [9.17, 15) is 0 Å². The van der Waals surface area contributed by atoms with Crippen molar-refractivity contribution < 1.29 is 4.52 Å². The average Bonchev–Trinajstić information content (AvgIpc) is 3.21. The predicted molar refractivity (Wildman–Crippen MR) is 87.4 cm³/mol. The second-order valence-corrected chi connectivity index (χ2v) is 7.53. The highest BCUT2D eigenvalue weighted by molar-refractivity contribution is 6.35. The van der Waals surface area contributed by atoms with Crippen LogP contribution in [0.15, 0.2) is 16.7 Å². The van der Waals surface area contributed by atoms with Crippen LogP contribution in [-0.4, -0.2) is 34.7 Å². The topological polar surface area (TPSA) is 41.3 Å². The van der Waals surface area contributed by atoms with Crippen LogP contribution in [0.1, 0.15) is 31.2 Å². The maximum Gasteiger partial charge on any atom is 0.187 e. The first-order valence-corrected chi connectivity index (χ1v) is 8.63. The molecule has 5 heteroatoms. The molecular formula is C17H20ClN3O. The van der Waals surface area contributed by atoms with Crippen LogP contribution in [0.25, 0.3) is 11.0 Å². The second kappa shape index (κ2) is 4.39. The van der Waals surface area contributed by atoms with Crippen LogP contribution in [0.2, 0.25) is 5.02 Å². The minimum atomic E-state index is 0.390. The number of anilines is 1. The Bertz CT molecular complexity index is 744. The molecule has 4 aliphatic rings. The van der Waals surface area contributed by atoms with Gasteiger partial charge in [-0.2, -0.15) is 0 Å². The molecule has 1 aliphatic carbocycles. The number of aromatic nitrogens is 1. The van der Waals surface area contributed by atoms with E-state index in [0.29, 0.717) is 22.2 Å². The van der Waals surface area contributed by atoms with E-state index in [1.54, 1.807) is 0 Å². The molecule has 6 rings (SSSR count). The fraction of sp³-hybridized carbons (Fsp3) is 0.588. The maximum atomic E-state index is 6.34. The summed E-state index contributed by atoms with van der Waals surface area (Å²) in [6.07, 6.45) is 5.23. The summed E-state index contributed by atoms with van der Waals surface area (Å²) in [5.74, 6) is 1.63. The number of fused-ring (bicyclic) bond motifs is 3. The fourth-order valence-electron chi connectivity index (χ4n) is 4.64. The molecule has 0 radical (unpaired) electrons. The third-order valence-electron chi connectivity index (χ3n) is 6.05. The molecule has 1 saturated carbocycles. The largest absolute Gasteiger partial charge is 0.362 e. The first-order valence-electron chi connectivity index (χ1n) is 8.25. The van der Waals surface area contributed by atoms with Crippen molar-refractivity contribution >= 4 is 28.4 Å². The number of nitrogens with one attached hydrogen (secondary N) is 1. The van der Waals surface area contributed by atoms with Gasteiger partial charge in [-0.05, 0) is 63.2 Å². The molecule has 1 spiro atoms. The van der Waals surface area contributed by atoms with Crippen LogP contribution < -0.4 is 5.32 Å². The molecule has 1 N–H and O–H groups in total.